The summed E-state index contributed by atoms with van der Waals surface area (Å²) in [5, 5.41) is 0. The number of aromatic nitrogens is 2. The number of nitrogens with one attached hydrogen (secondary N) is 1. The van der Waals surface area contributed by atoms with Gasteiger partial charge in [-0.3, -0.25) is 19.3 Å². The minimum Gasteiger partial charge on any atom is -0.348 e. The van der Waals surface area contributed by atoms with Gasteiger partial charge in [-0.1, -0.05) is 13.8 Å². The number of imide groups is 1. The Labute approximate surface area is 117 Å². The van der Waals surface area contributed by atoms with E-state index in [0.29, 0.717) is 18.7 Å². The first kappa shape index (κ1) is 14.4. The quantitative estimate of drug-likeness (QED) is 0.830. The van der Waals surface area contributed by atoms with E-state index in [-0.39, 0.29) is 29.9 Å². The fraction of sp³-hybridized carbons (Fsp3) is 0.571. The lowest BCUT2D eigenvalue weighted by atomic mass is 9.79. The summed E-state index contributed by atoms with van der Waals surface area (Å²) >= 11 is 0. The number of carbonyl (C=O) groups is 3. The molecule has 1 aliphatic rings. The van der Waals surface area contributed by atoms with Crippen LogP contribution in [0.3, 0.4) is 0 Å². The van der Waals surface area contributed by atoms with Crippen LogP contribution in [0.4, 0.5) is 0 Å². The molecule has 1 N–H and O–H groups in total. The number of H-pyrrole nitrogens is 1. The molecule has 0 aliphatic carbocycles. The van der Waals surface area contributed by atoms with E-state index in [1.807, 2.05) is 0 Å². The zero-order chi connectivity index (χ0) is 14.9. The molecule has 1 saturated heterocycles. The molecule has 0 aromatic carbocycles. The molecule has 1 aromatic rings. The second-order valence-corrected chi connectivity index (χ2v) is 5.71. The van der Waals surface area contributed by atoms with E-state index in [4.69, 9.17) is 0 Å². The Kier molecular flexibility index (Phi) is 3.74. The van der Waals surface area contributed by atoms with Crippen LogP contribution >= 0.6 is 0 Å². The van der Waals surface area contributed by atoms with Gasteiger partial charge in [0.25, 0.3) is 0 Å². The SMILES string of the molecule is CC(C)C(=O)C1(C)CCN(C(=O)Cc2cnc[nH]2)C1=O. The van der Waals surface area contributed by atoms with Gasteiger partial charge >= 0.3 is 0 Å². The molecule has 2 rings (SSSR count). The van der Waals surface area contributed by atoms with Crippen LogP contribution in [-0.4, -0.2) is 39.0 Å². The van der Waals surface area contributed by atoms with Crippen molar-refractivity contribution in [2.24, 2.45) is 11.3 Å². The highest BCUT2D eigenvalue weighted by atomic mass is 16.2. The average Bonchev–Trinajstić information content (AvgIpc) is 2.99. The Bertz CT molecular complexity index is 536. The van der Waals surface area contributed by atoms with E-state index in [1.165, 1.54) is 11.2 Å². The maximum absolute atomic E-state index is 12.4. The van der Waals surface area contributed by atoms with E-state index in [9.17, 15) is 14.4 Å². The Morgan fingerprint density at radius 2 is 2.20 bits per heavy atom. The van der Waals surface area contributed by atoms with Crippen molar-refractivity contribution in [1.82, 2.24) is 14.9 Å². The third-order valence-corrected chi connectivity index (χ3v) is 3.82. The van der Waals surface area contributed by atoms with Crippen LogP contribution < -0.4 is 0 Å². The van der Waals surface area contributed by atoms with Crippen molar-refractivity contribution >= 4 is 17.6 Å². The van der Waals surface area contributed by atoms with Crippen molar-refractivity contribution in [3.05, 3.63) is 18.2 Å². The maximum Gasteiger partial charge on any atom is 0.242 e. The molecule has 2 heterocycles. The number of aromatic amines is 1. The second-order valence-electron chi connectivity index (χ2n) is 5.71. The van der Waals surface area contributed by atoms with Crippen molar-refractivity contribution < 1.29 is 14.4 Å². The molecule has 6 nitrogen and oxygen atoms in total. The third-order valence-electron chi connectivity index (χ3n) is 3.82. The predicted octanol–water partition coefficient (Wildman–Crippen LogP) is 0.943. The van der Waals surface area contributed by atoms with Crippen molar-refractivity contribution in [1.29, 1.82) is 0 Å². The molecule has 2 amide bonds. The van der Waals surface area contributed by atoms with Gasteiger partial charge in [-0.15, -0.1) is 0 Å². The summed E-state index contributed by atoms with van der Waals surface area (Å²) in [5.74, 6) is -0.980. The zero-order valence-corrected chi connectivity index (χ0v) is 12.0. The highest BCUT2D eigenvalue weighted by Crippen LogP contribution is 2.35. The molecule has 6 heteroatoms. The molecule has 0 bridgehead atoms. The van der Waals surface area contributed by atoms with Crippen molar-refractivity contribution in [3.63, 3.8) is 0 Å². The number of nitrogens with zero attached hydrogens (tertiary/aromatic N) is 2. The number of imidazole rings is 1. The van der Waals surface area contributed by atoms with E-state index in [0.717, 1.165) is 0 Å². The molecule has 1 aromatic heterocycles. The number of Topliss-reactive ketones (excluding diaryl/α,β-unsaturated/α-hetero) is 1. The van der Waals surface area contributed by atoms with Gasteiger partial charge in [0.2, 0.25) is 11.8 Å². The summed E-state index contributed by atoms with van der Waals surface area (Å²) in [6, 6.07) is 0. The Morgan fingerprint density at radius 1 is 1.50 bits per heavy atom. The Hall–Kier alpha value is -1.98. The molecule has 1 aliphatic heterocycles. The first-order valence-corrected chi connectivity index (χ1v) is 6.72. The van der Waals surface area contributed by atoms with E-state index in [1.54, 1.807) is 27.0 Å². The van der Waals surface area contributed by atoms with Crippen LogP contribution in [-0.2, 0) is 20.8 Å². The highest BCUT2D eigenvalue weighted by Gasteiger charge is 2.50. The van der Waals surface area contributed by atoms with Gasteiger partial charge in [-0.25, -0.2) is 4.98 Å². The minimum absolute atomic E-state index is 0.0949. The summed E-state index contributed by atoms with van der Waals surface area (Å²) in [4.78, 5) is 44.6. The van der Waals surface area contributed by atoms with Gasteiger partial charge in [-0.05, 0) is 13.3 Å². The molecular weight excluding hydrogens is 258 g/mol. The fourth-order valence-electron chi connectivity index (χ4n) is 2.59. The highest BCUT2D eigenvalue weighted by molar-refractivity contribution is 6.12. The molecule has 20 heavy (non-hydrogen) atoms. The van der Waals surface area contributed by atoms with E-state index >= 15 is 0 Å². The number of amides is 2. The van der Waals surface area contributed by atoms with E-state index < -0.39 is 5.41 Å². The number of hydrogen-bond acceptors (Lipinski definition) is 4. The Morgan fingerprint density at radius 3 is 2.75 bits per heavy atom. The summed E-state index contributed by atoms with van der Waals surface area (Å²) in [6.45, 7) is 5.49. The molecule has 0 radical (unpaired) electrons. The molecule has 0 spiro atoms. The van der Waals surface area contributed by atoms with Crippen molar-refractivity contribution in [2.75, 3.05) is 6.54 Å². The van der Waals surface area contributed by atoms with Crippen LogP contribution in [0.1, 0.15) is 32.9 Å². The van der Waals surface area contributed by atoms with Crippen LogP contribution in [0.2, 0.25) is 0 Å². The van der Waals surface area contributed by atoms with E-state index in [2.05, 4.69) is 9.97 Å². The van der Waals surface area contributed by atoms with Crippen LogP contribution in [0.15, 0.2) is 12.5 Å². The second kappa shape index (κ2) is 5.19. The third kappa shape index (κ3) is 2.37. The molecule has 1 fully saturated rings. The molecule has 1 atom stereocenters. The topological polar surface area (TPSA) is 83.1 Å². The molecule has 0 saturated carbocycles. The van der Waals surface area contributed by atoms with Gasteiger partial charge < -0.3 is 4.98 Å². The summed E-state index contributed by atoms with van der Waals surface area (Å²) < 4.78 is 0. The maximum atomic E-state index is 12.4. The minimum atomic E-state index is -1.06. The van der Waals surface area contributed by atoms with Gasteiger partial charge in [0.05, 0.1) is 12.7 Å². The van der Waals surface area contributed by atoms with Gasteiger partial charge in [0, 0.05) is 24.4 Å². The number of ketones is 1. The standard InChI is InChI=1S/C14H19N3O3/c1-9(2)12(19)14(3)4-5-17(13(14)20)11(18)6-10-7-15-8-16-10/h7-9H,4-6H2,1-3H3,(H,15,16). The predicted molar refractivity (Wildman–Crippen MR) is 71.6 cm³/mol. The monoisotopic (exact) mass is 277 g/mol. The zero-order valence-electron chi connectivity index (χ0n) is 12.0. The number of likely N-dealkylation sites (tertiary alicyclic amines) is 1. The lowest BCUT2D eigenvalue weighted by Gasteiger charge is -2.23. The smallest absolute Gasteiger partial charge is 0.242 e. The fourth-order valence-corrected chi connectivity index (χ4v) is 2.59. The van der Waals surface area contributed by atoms with Gasteiger partial charge in [0.1, 0.15) is 5.41 Å². The summed E-state index contributed by atoms with van der Waals surface area (Å²) in [6.07, 6.45) is 3.53. The first-order chi connectivity index (χ1) is 9.36. The van der Waals surface area contributed by atoms with Gasteiger partial charge in [-0.2, -0.15) is 0 Å². The average molecular weight is 277 g/mol. The first-order valence-electron chi connectivity index (χ1n) is 6.72. The number of rotatable bonds is 4. The summed E-state index contributed by atoms with van der Waals surface area (Å²) in [7, 11) is 0. The van der Waals surface area contributed by atoms with Crippen molar-refractivity contribution in [2.45, 2.75) is 33.6 Å². The lowest BCUT2D eigenvalue weighted by molar-refractivity contribution is -0.149. The largest absolute Gasteiger partial charge is 0.348 e. The molecule has 1 unspecified atom stereocenters. The normalized spacial score (nSPS) is 22.6. The summed E-state index contributed by atoms with van der Waals surface area (Å²) in [5.41, 5.74) is -0.399. The lowest BCUT2D eigenvalue weighted by Crippen LogP contribution is -2.42. The van der Waals surface area contributed by atoms with Gasteiger partial charge in [0.15, 0.2) is 5.78 Å². The number of carbonyl (C=O) groups excluding carboxylic acids is 3. The number of hydrogen-bond donors (Lipinski definition) is 1. The van der Waals surface area contributed by atoms with Crippen LogP contribution in [0, 0.1) is 11.3 Å². The Balaban J connectivity index is 2.11. The van der Waals surface area contributed by atoms with Crippen LogP contribution in [0.5, 0.6) is 0 Å². The van der Waals surface area contributed by atoms with Crippen molar-refractivity contribution in [3.8, 4) is 0 Å². The molecule has 108 valence electrons. The van der Waals surface area contributed by atoms with Crippen LogP contribution in [0.25, 0.3) is 0 Å². The molecular formula is C14H19N3O3.